The molecule has 0 saturated heterocycles. The van der Waals surface area contributed by atoms with E-state index in [1.807, 2.05) is 6.07 Å². The first-order chi connectivity index (χ1) is 6.83. The molecule has 74 valence electrons. The summed E-state index contributed by atoms with van der Waals surface area (Å²) in [6.45, 7) is 0. The minimum absolute atomic E-state index is 0.269. The van der Waals surface area contributed by atoms with Gasteiger partial charge in [-0.1, -0.05) is 0 Å². The Kier molecular flexibility index (Phi) is 2.54. The van der Waals surface area contributed by atoms with E-state index in [0.717, 1.165) is 30.5 Å². The molecule has 0 bridgehead atoms. The highest BCUT2D eigenvalue weighted by Gasteiger charge is 2.19. The Morgan fingerprint density at radius 3 is 3.21 bits per heavy atom. The average molecular weight is 192 g/mol. The summed E-state index contributed by atoms with van der Waals surface area (Å²) in [5.74, 6) is 0. The summed E-state index contributed by atoms with van der Waals surface area (Å²) in [5, 5.41) is 2.87. The van der Waals surface area contributed by atoms with Gasteiger partial charge in [-0.3, -0.25) is 4.98 Å². The monoisotopic (exact) mass is 192 g/mol. The number of pyridine rings is 1. The van der Waals surface area contributed by atoms with Crippen LogP contribution in [0.5, 0.6) is 0 Å². The van der Waals surface area contributed by atoms with Gasteiger partial charge in [0.15, 0.2) is 0 Å². The van der Waals surface area contributed by atoms with Crippen molar-refractivity contribution in [2.75, 3.05) is 7.11 Å². The summed E-state index contributed by atoms with van der Waals surface area (Å²) >= 11 is 0. The van der Waals surface area contributed by atoms with Gasteiger partial charge in [0.25, 0.3) is 0 Å². The highest BCUT2D eigenvalue weighted by molar-refractivity contribution is 5.40. The lowest BCUT2D eigenvalue weighted by Gasteiger charge is -2.22. The van der Waals surface area contributed by atoms with Crippen molar-refractivity contribution < 1.29 is 4.74 Å². The minimum atomic E-state index is 0.269. The number of rotatable bonds is 2. The van der Waals surface area contributed by atoms with Crippen LogP contribution in [0.25, 0.3) is 0 Å². The number of fused-ring (bicyclic) bond motifs is 1. The minimum Gasteiger partial charge on any atom is -0.381 e. The van der Waals surface area contributed by atoms with E-state index in [1.165, 1.54) is 6.20 Å². The predicted octanol–water partition coefficient (Wildman–Crippen LogP) is 1.98. The van der Waals surface area contributed by atoms with Gasteiger partial charge in [-0.2, -0.15) is 0 Å². The molecule has 2 rings (SSSR count). The van der Waals surface area contributed by atoms with Crippen LogP contribution in [0.1, 0.15) is 17.7 Å². The molecule has 0 N–H and O–H groups in total. The fraction of sp³-hybridized carbons (Fsp3) is 0.500. The topological polar surface area (TPSA) is 51.5 Å². The molecular weight excluding hydrogens is 180 g/mol. The van der Waals surface area contributed by atoms with E-state index in [0.29, 0.717) is 5.69 Å². The van der Waals surface area contributed by atoms with Crippen LogP contribution in [0.2, 0.25) is 0 Å². The van der Waals surface area contributed by atoms with Crippen LogP contribution in [0.4, 0.5) is 5.69 Å². The maximum absolute atomic E-state index is 10.3. The van der Waals surface area contributed by atoms with Crippen molar-refractivity contribution in [3.8, 4) is 0 Å². The van der Waals surface area contributed by atoms with Crippen LogP contribution in [-0.4, -0.2) is 18.2 Å². The SMILES string of the molecule is COC1CCc2cc(N=O)cnc2C1. The zero-order valence-electron chi connectivity index (χ0n) is 8.06. The lowest BCUT2D eigenvalue weighted by Crippen LogP contribution is -2.21. The molecule has 1 aliphatic rings. The number of aryl methyl sites for hydroxylation is 1. The van der Waals surface area contributed by atoms with Gasteiger partial charge in [0.1, 0.15) is 5.69 Å². The van der Waals surface area contributed by atoms with Crippen LogP contribution in [0.3, 0.4) is 0 Å². The van der Waals surface area contributed by atoms with Crippen molar-refractivity contribution in [1.82, 2.24) is 4.98 Å². The summed E-state index contributed by atoms with van der Waals surface area (Å²) in [6, 6.07) is 1.82. The van der Waals surface area contributed by atoms with Gasteiger partial charge in [0.05, 0.1) is 12.3 Å². The van der Waals surface area contributed by atoms with E-state index >= 15 is 0 Å². The summed E-state index contributed by atoms with van der Waals surface area (Å²) < 4.78 is 5.28. The molecule has 4 heteroatoms. The van der Waals surface area contributed by atoms with Gasteiger partial charge in [0.2, 0.25) is 0 Å². The van der Waals surface area contributed by atoms with Gasteiger partial charge in [-0.25, -0.2) is 0 Å². The lowest BCUT2D eigenvalue weighted by atomic mass is 9.93. The summed E-state index contributed by atoms with van der Waals surface area (Å²) in [6.07, 6.45) is 4.54. The number of hydrogen-bond donors (Lipinski definition) is 0. The normalized spacial score (nSPS) is 20.2. The van der Waals surface area contributed by atoms with Crippen LogP contribution in [-0.2, 0) is 17.6 Å². The van der Waals surface area contributed by atoms with E-state index < -0.39 is 0 Å². The second-order valence-electron chi connectivity index (χ2n) is 3.49. The Morgan fingerprint density at radius 1 is 1.64 bits per heavy atom. The van der Waals surface area contributed by atoms with E-state index in [2.05, 4.69) is 10.2 Å². The van der Waals surface area contributed by atoms with Crippen LogP contribution >= 0.6 is 0 Å². The second-order valence-corrected chi connectivity index (χ2v) is 3.49. The van der Waals surface area contributed by atoms with Gasteiger partial charge >= 0.3 is 0 Å². The smallest absolute Gasteiger partial charge is 0.126 e. The summed E-state index contributed by atoms with van der Waals surface area (Å²) in [4.78, 5) is 14.5. The zero-order chi connectivity index (χ0) is 9.97. The maximum Gasteiger partial charge on any atom is 0.126 e. The van der Waals surface area contributed by atoms with Crippen LogP contribution in [0, 0.1) is 4.91 Å². The maximum atomic E-state index is 10.3. The van der Waals surface area contributed by atoms with E-state index in [1.54, 1.807) is 7.11 Å². The molecule has 4 nitrogen and oxygen atoms in total. The van der Waals surface area contributed by atoms with Crippen LogP contribution in [0.15, 0.2) is 17.4 Å². The predicted molar refractivity (Wildman–Crippen MR) is 52.5 cm³/mol. The van der Waals surface area contributed by atoms with Crippen LogP contribution < -0.4 is 0 Å². The van der Waals surface area contributed by atoms with E-state index in [-0.39, 0.29) is 6.10 Å². The summed E-state index contributed by atoms with van der Waals surface area (Å²) in [5.41, 5.74) is 2.59. The fourth-order valence-corrected chi connectivity index (χ4v) is 1.81. The van der Waals surface area contributed by atoms with Crippen molar-refractivity contribution >= 4 is 5.69 Å². The van der Waals surface area contributed by atoms with Gasteiger partial charge in [-0.15, -0.1) is 4.91 Å². The Hall–Kier alpha value is -1.29. The molecule has 0 radical (unpaired) electrons. The third-order valence-corrected chi connectivity index (χ3v) is 2.64. The number of methoxy groups -OCH3 is 1. The molecule has 1 unspecified atom stereocenters. The van der Waals surface area contributed by atoms with Gasteiger partial charge < -0.3 is 4.74 Å². The van der Waals surface area contributed by atoms with Crippen molar-refractivity contribution in [1.29, 1.82) is 0 Å². The standard InChI is InChI=1S/C10H12N2O2/c1-14-9-3-2-7-4-8(12-13)6-11-10(7)5-9/h4,6,9H,2-3,5H2,1H3. The largest absolute Gasteiger partial charge is 0.381 e. The third-order valence-electron chi connectivity index (χ3n) is 2.64. The Labute approximate surface area is 82.3 Å². The number of nitrogens with zero attached hydrogens (tertiary/aromatic N) is 2. The fourth-order valence-electron chi connectivity index (χ4n) is 1.81. The van der Waals surface area contributed by atoms with Crippen molar-refractivity contribution in [2.24, 2.45) is 5.18 Å². The molecule has 0 fully saturated rings. The molecule has 1 aliphatic carbocycles. The average Bonchev–Trinajstić information content (AvgIpc) is 2.27. The molecule has 1 aromatic rings. The molecule has 0 aromatic carbocycles. The second kappa shape index (κ2) is 3.84. The number of hydrogen-bond acceptors (Lipinski definition) is 4. The number of nitroso groups, excluding NO2 is 1. The highest BCUT2D eigenvalue weighted by Crippen LogP contribution is 2.24. The lowest BCUT2D eigenvalue weighted by molar-refractivity contribution is 0.0900. The third kappa shape index (κ3) is 1.65. The molecule has 1 heterocycles. The highest BCUT2D eigenvalue weighted by atomic mass is 16.5. The van der Waals surface area contributed by atoms with Gasteiger partial charge in [0, 0.05) is 19.2 Å². The Balaban J connectivity index is 2.27. The number of aromatic nitrogens is 1. The molecule has 0 amide bonds. The molecule has 0 spiro atoms. The molecule has 0 aliphatic heterocycles. The molecule has 14 heavy (non-hydrogen) atoms. The zero-order valence-corrected chi connectivity index (χ0v) is 8.06. The van der Waals surface area contributed by atoms with E-state index in [4.69, 9.17) is 4.74 Å². The molecular formula is C10H12N2O2. The molecule has 0 saturated carbocycles. The first-order valence-corrected chi connectivity index (χ1v) is 4.67. The van der Waals surface area contributed by atoms with Crippen molar-refractivity contribution in [2.45, 2.75) is 25.4 Å². The summed E-state index contributed by atoms with van der Waals surface area (Å²) in [7, 11) is 1.72. The quantitative estimate of drug-likeness (QED) is 0.673. The Bertz CT molecular complexity index is 352. The number of ether oxygens (including phenoxy) is 1. The Morgan fingerprint density at radius 2 is 2.50 bits per heavy atom. The molecule has 1 atom stereocenters. The van der Waals surface area contributed by atoms with Gasteiger partial charge in [-0.05, 0) is 29.6 Å². The van der Waals surface area contributed by atoms with Crippen molar-refractivity contribution in [3.05, 3.63) is 28.4 Å². The first-order valence-electron chi connectivity index (χ1n) is 4.67. The molecule has 1 aromatic heterocycles. The first kappa shape index (κ1) is 9.27. The van der Waals surface area contributed by atoms with E-state index in [9.17, 15) is 4.91 Å². The van der Waals surface area contributed by atoms with Crippen molar-refractivity contribution in [3.63, 3.8) is 0 Å².